The smallest absolute Gasteiger partial charge is 0.309 e. The van der Waals surface area contributed by atoms with E-state index in [0.29, 0.717) is 12.5 Å². The summed E-state index contributed by atoms with van der Waals surface area (Å²) in [7, 11) is 0. The second-order valence-corrected chi connectivity index (χ2v) is 6.72. The lowest BCUT2D eigenvalue weighted by atomic mass is 9.96. The number of carbonyl (C=O) groups excluding carboxylic acids is 1. The monoisotopic (exact) mass is 359 g/mol. The van der Waals surface area contributed by atoms with Crippen molar-refractivity contribution >= 4 is 11.9 Å². The predicted molar refractivity (Wildman–Crippen MR) is 106 cm³/mol. The van der Waals surface area contributed by atoms with Crippen molar-refractivity contribution in [2.24, 2.45) is 10.9 Å². The summed E-state index contributed by atoms with van der Waals surface area (Å²) in [6.07, 6.45) is 2.73. The third-order valence-corrected chi connectivity index (χ3v) is 4.97. The minimum Gasteiger partial charge on any atom is -0.466 e. The molecular formula is C21H33N3O2. The molecular weight excluding hydrogens is 326 g/mol. The number of esters is 1. The van der Waals surface area contributed by atoms with Crippen LogP contribution in [0, 0.1) is 5.92 Å². The number of guanidine groups is 1. The molecule has 1 fully saturated rings. The Kier molecular flexibility index (Phi) is 8.45. The maximum atomic E-state index is 11.9. The zero-order valence-corrected chi connectivity index (χ0v) is 16.4. The van der Waals surface area contributed by atoms with Gasteiger partial charge >= 0.3 is 5.97 Å². The van der Waals surface area contributed by atoms with Crippen LogP contribution in [0.4, 0.5) is 0 Å². The molecule has 1 N–H and O–H groups in total. The molecule has 0 aromatic heterocycles. The van der Waals surface area contributed by atoms with Crippen LogP contribution in [-0.4, -0.2) is 49.6 Å². The number of aliphatic imine (C=N–C) groups is 1. The average Bonchev–Trinajstić information content (AvgIpc) is 2.69. The molecule has 1 atom stereocenters. The van der Waals surface area contributed by atoms with Gasteiger partial charge in [0, 0.05) is 32.1 Å². The number of hydrogen-bond acceptors (Lipinski definition) is 3. The van der Waals surface area contributed by atoms with E-state index >= 15 is 0 Å². The van der Waals surface area contributed by atoms with Gasteiger partial charge in [-0.1, -0.05) is 37.3 Å². The Labute approximate surface area is 157 Å². The normalized spacial score (nSPS) is 17.0. The van der Waals surface area contributed by atoms with Crippen molar-refractivity contribution in [3.05, 3.63) is 35.9 Å². The van der Waals surface area contributed by atoms with Gasteiger partial charge in [-0.2, -0.15) is 0 Å². The lowest BCUT2D eigenvalue weighted by Gasteiger charge is -2.33. The number of ether oxygens (including phenoxy) is 1. The van der Waals surface area contributed by atoms with Crippen molar-refractivity contribution in [2.75, 3.05) is 32.8 Å². The first-order valence-electron chi connectivity index (χ1n) is 9.94. The fraction of sp³-hybridized carbons (Fsp3) is 0.619. The number of rotatable bonds is 7. The van der Waals surface area contributed by atoms with Gasteiger partial charge in [0.15, 0.2) is 5.96 Å². The Hall–Kier alpha value is -2.04. The molecule has 1 unspecified atom stereocenters. The zero-order valence-electron chi connectivity index (χ0n) is 16.4. The highest BCUT2D eigenvalue weighted by Gasteiger charge is 2.27. The van der Waals surface area contributed by atoms with Gasteiger partial charge in [0.25, 0.3) is 0 Å². The van der Waals surface area contributed by atoms with Crippen LogP contribution in [0.3, 0.4) is 0 Å². The van der Waals surface area contributed by atoms with Crippen molar-refractivity contribution in [3.63, 3.8) is 0 Å². The SMILES string of the molecule is CCNC(=NCC(CC)c1ccccc1)N1CCC(C(=O)OCC)CC1. The van der Waals surface area contributed by atoms with Crippen molar-refractivity contribution in [2.45, 2.75) is 46.0 Å². The molecule has 26 heavy (non-hydrogen) atoms. The van der Waals surface area contributed by atoms with E-state index in [1.165, 1.54) is 5.56 Å². The van der Waals surface area contributed by atoms with Crippen LogP contribution in [0.1, 0.15) is 51.5 Å². The minimum absolute atomic E-state index is 0.0294. The first-order valence-corrected chi connectivity index (χ1v) is 9.94. The summed E-state index contributed by atoms with van der Waals surface area (Å²) in [5.41, 5.74) is 1.34. The Morgan fingerprint density at radius 3 is 2.50 bits per heavy atom. The zero-order chi connectivity index (χ0) is 18.8. The molecule has 1 saturated heterocycles. The molecule has 1 aliphatic rings. The Morgan fingerprint density at radius 1 is 1.23 bits per heavy atom. The third kappa shape index (κ3) is 5.75. The third-order valence-electron chi connectivity index (χ3n) is 4.97. The molecule has 1 aliphatic heterocycles. The molecule has 0 bridgehead atoms. The number of carbonyl (C=O) groups is 1. The Bertz CT molecular complexity index is 566. The summed E-state index contributed by atoms with van der Waals surface area (Å²) < 4.78 is 5.16. The standard InChI is InChI=1S/C21H33N3O2/c1-4-17(18-10-8-7-9-11-18)16-23-21(22-5-2)24-14-12-19(13-15-24)20(25)26-6-3/h7-11,17,19H,4-6,12-16H2,1-3H3,(H,22,23). The van der Waals surface area contributed by atoms with E-state index in [2.05, 4.69) is 54.4 Å². The highest BCUT2D eigenvalue weighted by Crippen LogP contribution is 2.21. The second kappa shape index (κ2) is 10.8. The average molecular weight is 360 g/mol. The molecule has 144 valence electrons. The van der Waals surface area contributed by atoms with Crippen LogP contribution in [-0.2, 0) is 9.53 Å². The first-order chi connectivity index (χ1) is 12.7. The van der Waals surface area contributed by atoms with Gasteiger partial charge in [-0.05, 0) is 38.7 Å². The van der Waals surface area contributed by atoms with Gasteiger partial charge in [-0.3, -0.25) is 9.79 Å². The number of piperidine rings is 1. The predicted octanol–water partition coefficient (Wildman–Crippen LogP) is 3.42. The molecule has 2 rings (SSSR count). The maximum Gasteiger partial charge on any atom is 0.309 e. The number of likely N-dealkylation sites (tertiary alicyclic amines) is 1. The number of hydrogen-bond donors (Lipinski definition) is 1. The highest BCUT2D eigenvalue weighted by atomic mass is 16.5. The number of nitrogens with zero attached hydrogens (tertiary/aromatic N) is 2. The van der Waals surface area contributed by atoms with Gasteiger partial charge in [-0.25, -0.2) is 0 Å². The highest BCUT2D eigenvalue weighted by molar-refractivity contribution is 5.80. The quantitative estimate of drug-likeness (QED) is 0.460. The van der Waals surface area contributed by atoms with Gasteiger partial charge < -0.3 is 15.0 Å². The van der Waals surface area contributed by atoms with Crippen molar-refractivity contribution in [3.8, 4) is 0 Å². The molecule has 0 radical (unpaired) electrons. The van der Waals surface area contributed by atoms with Crippen LogP contribution >= 0.6 is 0 Å². The lowest BCUT2D eigenvalue weighted by molar-refractivity contribution is -0.149. The molecule has 5 nitrogen and oxygen atoms in total. The largest absolute Gasteiger partial charge is 0.466 e. The van der Waals surface area contributed by atoms with Gasteiger partial charge in [0.05, 0.1) is 12.5 Å². The van der Waals surface area contributed by atoms with E-state index in [-0.39, 0.29) is 11.9 Å². The molecule has 1 aromatic carbocycles. The summed E-state index contributed by atoms with van der Waals surface area (Å²) in [5.74, 6) is 1.37. The summed E-state index contributed by atoms with van der Waals surface area (Å²) in [5, 5.41) is 3.41. The fourth-order valence-corrected chi connectivity index (χ4v) is 3.40. The molecule has 1 aromatic rings. The first kappa shape index (κ1) is 20.3. The van der Waals surface area contributed by atoms with Gasteiger partial charge in [0.1, 0.15) is 0 Å². The van der Waals surface area contributed by atoms with E-state index in [0.717, 1.165) is 51.4 Å². The molecule has 0 spiro atoms. The van der Waals surface area contributed by atoms with Crippen LogP contribution in [0.2, 0.25) is 0 Å². The second-order valence-electron chi connectivity index (χ2n) is 6.72. The summed E-state index contributed by atoms with van der Waals surface area (Å²) in [4.78, 5) is 19.1. The van der Waals surface area contributed by atoms with Gasteiger partial charge in [-0.15, -0.1) is 0 Å². The fourth-order valence-electron chi connectivity index (χ4n) is 3.40. The Balaban J connectivity index is 1.97. The molecule has 0 amide bonds. The van der Waals surface area contributed by atoms with Crippen molar-refractivity contribution in [1.29, 1.82) is 0 Å². The van der Waals surface area contributed by atoms with E-state index in [1.807, 2.05) is 6.92 Å². The van der Waals surface area contributed by atoms with Crippen LogP contribution in [0.15, 0.2) is 35.3 Å². The molecule has 0 aliphatic carbocycles. The topological polar surface area (TPSA) is 53.9 Å². The van der Waals surface area contributed by atoms with Crippen LogP contribution in [0.25, 0.3) is 0 Å². The van der Waals surface area contributed by atoms with E-state index in [1.54, 1.807) is 0 Å². The van der Waals surface area contributed by atoms with Crippen LogP contribution < -0.4 is 5.32 Å². The molecule has 1 heterocycles. The lowest BCUT2D eigenvalue weighted by Crippen LogP contribution is -2.46. The summed E-state index contributed by atoms with van der Waals surface area (Å²) >= 11 is 0. The van der Waals surface area contributed by atoms with E-state index in [4.69, 9.17) is 9.73 Å². The van der Waals surface area contributed by atoms with Crippen molar-refractivity contribution in [1.82, 2.24) is 10.2 Å². The molecule has 5 heteroatoms. The van der Waals surface area contributed by atoms with E-state index in [9.17, 15) is 4.79 Å². The molecule has 0 saturated carbocycles. The summed E-state index contributed by atoms with van der Waals surface area (Å²) in [6.45, 7) is 9.94. The maximum absolute atomic E-state index is 11.9. The van der Waals surface area contributed by atoms with Gasteiger partial charge in [0.2, 0.25) is 0 Å². The summed E-state index contributed by atoms with van der Waals surface area (Å²) in [6, 6.07) is 10.6. The number of benzene rings is 1. The van der Waals surface area contributed by atoms with E-state index < -0.39 is 0 Å². The van der Waals surface area contributed by atoms with Crippen LogP contribution in [0.5, 0.6) is 0 Å². The Morgan fingerprint density at radius 2 is 1.92 bits per heavy atom. The minimum atomic E-state index is -0.0517. The van der Waals surface area contributed by atoms with Crippen molar-refractivity contribution < 1.29 is 9.53 Å². The number of nitrogens with one attached hydrogen (secondary N) is 1.